The number of aliphatic imine (C=N–C) groups is 1. The summed E-state index contributed by atoms with van der Waals surface area (Å²) in [6, 6.07) is 12.6. The molecule has 0 heterocycles. The second-order valence-corrected chi connectivity index (χ2v) is 6.30. The Balaban J connectivity index is 2.04. The van der Waals surface area contributed by atoms with Crippen molar-refractivity contribution < 1.29 is 14.8 Å². The van der Waals surface area contributed by atoms with Crippen LogP contribution in [0.4, 0.5) is 0 Å². The fourth-order valence-corrected chi connectivity index (χ4v) is 2.43. The average Bonchev–Trinajstić information content (AvgIpc) is 2.74. The highest BCUT2D eigenvalue weighted by molar-refractivity contribution is 5.97. The van der Waals surface area contributed by atoms with E-state index in [4.69, 9.17) is 16.7 Å². The van der Waals surface area contributed by atoms with Crippen molar-refractivity contribution in [2.75, 3.05) is 0 Å². The molecule has 7 N–H and O–H groups in total. The fourth-order valence-electron chi connectivity index (χ4n) is 2.43. The Morgan fingerprint density at radius 3 is 2.14 bits per heavy atom. The van der Waals surface area contributed by atoms with Crippen LogP contribution in [0, 0.1) is 11.8 Å². The molecular formula is C21H23N5O3. The second-order valence-electron chi connectivity index (χ2n) is 6.30. The van der Waals surface area contributed by atoms with Gasteiger partial charge in [0.15, 0.2) is 0 Å². The number of carbonyl (C=O) groups excluding carboxylic acids is 2. The first kappa shape index (κ1) is 21.6. The molecule has 2 aromatic rings. The van der Waals surface area contributed by atoms with E-state index in [1.54, 1.807) is 31.2 Å². The van der Waals surface area contributed by atoms with Gasteiger partial charge in [0.2, 0.25) is 0 Å². The Hall–Kier alpha value is -3.67. The minimum Gasteiger partial charge on any atom is -0.390 e. The van der Waals surface area contributed by atoms with Crippen molar-refractivity contribution in [3.8, 4) is 11.8 Å². The van der Waals surface area contributed by atoms with E-state index in [9.17, 15) is 9.59 Å². The third kappa shape index (κ3) is 6.46. The predicted octanol–water partition coefficient (Wildman–Crippen LogP) is 0.524. The number of nitrogens with zero attached hydrogens (tertiary/aromatic N) is 1. The van der Waals surface area contributed by atoms with E-state index >= 15 is 0 Å². The lowest BCUT2D eigenvalue weighted by Gasteiger charge is -2.20. The quantitative estimate of drug-likeness (QED) is 0.160. The van der Waals surface area contributed by atoms with Crippen molar-refractivity contribution in [2.45, 2.75) is 25.6 Å². The third-order valence-corrected chi connectivity index (χ3v) is 4.04. The summed E-state index contributed by atoms with van der Waals surface area (Å²) in [5.41, 5.74) is 15.4. The highest BCUT2D eigenvalue weighted by Crippen LogP contribution is 2.07. The number of carbonyl (C=O) groups is 2. The molecule has 2 atom stereocenters. The summed E-state index contributed by atoms with van der Waals surface area (Å²) in [6.45, 7) is 2.08. The number of nitrogens with two attached hydrogens (primary N) is 2. The van der Waals surface area contributed by atoms with Gasteiger partial charge in [0.1, 0.15) is 6.04 Å². The van der Waals surface area contributed by atoms with Gasteiger partial charge in [0.25, 0.3) is 11.8 Å². The monoisotopic (exact) mass is 393 g/mol. The van der Waals surface area contributed by atoms with Crippen molar-refractivity contribution in [1.29, 1.82) is 0 Å². The number of hydrogen-bond acceptors (Lipinski definition) is 5. The first-order valence-corrected chi connectivity index (χ1v) is 8.86. The first-order chi connectivity index (χ1) is 13.9. The molecule has 0 aliphatic carbocycles. The lowest BCUT2D eigenvalue weighted by molar-refractivity contribution is -0.131. The minimum atomic E-state index is -1.05. The largest absolute Gasteiger partial charge is 0.390 e. The van der Waals surface area contributed by atoms with E-state index in [2.05, 4.69) is 22.2 Å². The molecule has 150 valence electrons. The van der Waals surface area contributed by atoms with Crippen LogP contribution in [0.1, 0.15) is 34.0 Å². The van der Waals surface area contributed by atoms with Crippen molar-refractivity contribution in [3.05, 3.63) is 70.8 Å². The molecule has 2 aromatic carbocycles. The van der Waals surface area contributed by atoms with E-state index in [0.717, 1.165) is 16.7 Å². The van der Waals surface area contributed by atoms with Crippen molar-refractivity contribution in [1.82, 2.24) is 10.8 Å². The van der Waals surface area contributed by atoms with E-state index in [-0.39, 0.29) is 0 Å². The molecule has 0 saturated carbocycles. The van der Waals surface area contributed by atoms with Crippen molar-refractivity contribution in [2.24, 2.45) is 16.5 Å². The summed E-state index contributed by atoms with van der Waals surface area (Å²) in [5.74, 6) is 4.82. The maximum atomic E-state index is 12.3. The van der Waals surface area contributed by atoms with Gasteiger partial charge < -0.3 is 16.8 Å². The van der Waals surface area contributed by atoms with Crippen LogP contribution in [0.3, 0.4) is 0 Å². The minimum absolute atomic E-state index is 0.344. The van der Waals surface area contributed by atoms with Gasteiger partial charge in [0.05, 0.1) is 12.9 Å². The topological polar surface area (TPSA) is 143 Å². The molecule has 2 rings (SSSR count). The van der Waals surface area contributed by atoms with Gasteiger partial charge in [-0.05, 0) is 48.9 Å². The van der Waals surface area contributed by atoms with Gasteiger partial charge in [-0.1, -0.05) is 24.0 Å². The highest BCUT2D eigenvalue weighted by atomic mass is 16.5. The lowest BCUT2D eigenvalue weighted by atomic mass is 10.1. The van der Waals surface area contributed by atoms with Crippen molar-refractivity contribution in [3.63, 3.8) is 0 Å². The summed E-state index contributed by atoms with van der Waals surface area (Å²) >= 11 is 0. The normalized spacial score (nSPS) is 12.5. The number of benzene rings is 2. The van der Waals surface area contributed by atoms with E-state index in [0.29, 0.717) is 12.1 Å². The van der Waals surface area contributed by atoms with Crippen LogP contribution in [-0.4, -0.2) is 35.4 Å². The summed E-state index contributed by atoms with van der Waals surface area (Å²) in [5, 5.41) is 11.2. The fraction of sp³-hybridized carbons (Fsp3) is 0.190. The van der Waals surface area contributed by atoms with Crippen LogP contribution in [0.2, 0.25) is 0 Å². The summed E-state index contributed by atoms with van der Waals surface area (Å²) < 4.78 is 0. The molecule has 8 heteroatoms. The molecule has 0 fully saturated rings. The van der Waals surface area contributed by atoms with Crippen LogP contribution in [0.5, 0.6) is 0 Å². The molecule has 2 unspecified atom stereocenters. The van der Waals surface area contributed by atoms with Crippen LogP contribution >= 0.6 is 0 Å². The SMILES string of the molecule is CC(N)C(NC(=O)c1ccc(C#Cc2ccc(CN=CN)cc2)cc1)C(=O)NO. The van der Waals surface area contributed by atoms with Gasteiger partial charge in [-0.25, -0.2) is 5.48 Å². The van der Waals surface area contributed by atoms with Gasteiger partial charge in [-0.3, -0.25) is 19.8 Å². The van der Waals surface area contributed by atoms with Gasteiger partial charge in [0, 0.05) is 22.7 Å². The zero-order valence-electron chi connectivity index (χ0n) is 15.9. The maximum Gasteiger partial charge on any atom is 0.267 e. The third-order valence-electron chi connectivity index (χ3n) is 4.04. The molecule has 29 heavy (non-hydrogen) atoms. The Labute approximate surface area is 169 Å². The Kier molecular flexibility index (Phi) is 7.91. The number of nitrogens with one attached hydrogen (secondary N) is 2. The Bertz CT molecular complexity index is 926. The molecule has 0 spiro atoms. The van der Waals surface area contributed by atoms with Crippen molar-refractivity contribution >= 4 is 18.2 Å². The zero-order valence-corrected chi connectivity index (χ0v) is 15.9. The molecule has 0 aliphatic rings. The molecule has 0 aliphatic heterocycles. The summed E-state index contributed by atoms with van der Waals surface area (Å²) in [7, 11) is 0. The molecule has 8 nitrogen and oxygen atoms in total. The number of hydroxylamine groups is 1. The standard InChI is InChI=1S/C21H23N5O3/c1-14(23)19(21(28)26-29)25-20(27)18-10-8-16(9-11-18)3-2-15-4-6-17(7-5-15)12-24-13-22/h4-11,13-14,19,29H,12,23H2,1H3,(H2,22,24)(H,25,27)(H,26,28). The summed E-state index contributed by atoms with van der Waals surface area (Å²) in [4.78, 5) is 27.8. The zero-order chi connectivity index (χ0) is 21.2. The highest BCUT2D eigenvalue weighted by Gasteiger charge is 2.24. The maximum absolute atomic E-state index is 12.3. The predicted molar refractivity (Wildman–Crippen MR) is 110 cm³/mol. The molecule has 2 amide bonds. The van der Waals surface area contributed by atoms with Crippen LogP contribution in [0.15, 0.2) is 53.5 Å². The molecule has 0 saturated heterocycles. The van der Waals surface area contributed by atoms with Crippen LogP contribution in [-0.2, 0) is 11.3 Å². The summed E-state index contributed by atoms with van der Waals surface area (Å²) in [6.07, 6.45) is 1.27. The van der Waals surface area contributed by atoms with Gasteiger partial charge in [-0.2, -0.15) is 0 Å². The molecule has 0 bridgehead atoms. The first-order valence-electron chi connectivity index (χ1n) is 8.86. The number of rotatable bonds is 6. The Morgan fingerprint density at radius 1 is 1.10 bits per heavy atom. The molecular weight excluding hydrogens is 370 g/mol. The van der Waals surface area contributed by atoms with Gasteiger partial charge in [-0.15, -0.1) is 0 Å². The number of hydrogen-bond donors (Lipinski definition) is 5. The molecule has 0 aromatic heterocycles. The van der Waals surface area contributed by atoms with Crippen LogP contribution < -0.4 is 22.3 Å². The lowest BCUT2D eigenvalue weighted by Crippen LogP contribution is -2.54. The average molecular weight is 393 g/mol. The second kappa shape index (κ2) is 10.6. The van der Waals surface area contributed by atoms with E-state index < -0.39 is 23.9 Å². The van der Waals surface area contributed by atoms with Crippen LogP contribution in [0.25, 0.3) is 0 Å². The number of amides is 2. The van der Waals surface area contributed by atoms with E-state index in [1.165, 1.54) is 11.8 Å². The molecule has 0 radical (unpaired) electrons. The Morgan fingerprint density at radius 2 is 1.66 bits per heavy atom. The van der Waals surface area contributed by atoms with Gasteiger partial charge >= 0.3 is 0 Å². The van der Waals surface area contributed by atoms with E-state index in [1.807, 2.05) is 24.3 Å². The smallest absolute Gasteiger partial charge is 0.267 e.